The molecule has 8 nitrogen and oxygen atoms in total. The second-order valence-electron chi connectivity index (χ2n) is 7.34. The zero-order valence-electron chi connectivity index (χ0n) is 17.0. The lowest BCUT2D eigenvalue weighted by atomic mass is 10.2. The third-order valence-electron chi connectivity index (χ3n) is 5.57. The summed E-state index contributed by atoms with van der Waals surface area (Å²) in [4.78, 5) is 30.4. The van der Waals surface area contributed by atoms with Crippen LogP contribution in [0.5, 0.6) is 5.75 Å². The highest BCUT2D eigenvalue weighted by atomic mass is 16.5. The van der Waals surface area contributed by atoms with Crippen LogP contribution in [0.15, 0.2) is 24.3 Å². The van der Waals surface area contributed by atoms with Crippen LogP contribution in [0.3, 0.4) is 0 Å². The van der Waals surface area contributed by atoms with Crippen LogP contribution in [0.4, 0.5) is 5.69 Å². The molecule has 3 rings (SSSR count). The molecule has 2 heterocycles. The zero-order valence-corrected chi connectivity index (χ0v) is 17.0. The molecule has 1 aromatic rings. The average molecular weight is 399 g/mol. The van der Waals surface area contributed by atoms with Crippen LogP contribution in [-0.2, 0) is 9.59 Å². The van der Waals surface area contributed by atoms with Crippen LogP contribution < -0.4 is 15.0 Å². The molecule has 0 spiro atoms. The SMILES string of the molecule is COc1ccccc1N1CCN(C(=O)CCNCC(=O)N2CCCC2C#N)CC1. The van der Waals surface area contributed by atoms with Gasteiger partial charge in [-0.1, -0.05) is 12.1 Å². The van der Waals surface area contributed by atoms with Crippen molar-refractivity contribution >= 4 is 17.5 Å². The molecule has 2 amide bonds. The Hall–Kier alpha value is -2.79. The number of rotatable bonds is 7. The fourth-order valence-electron chi connectivity index (χ4n) is 3.94. The molecule has 2 saturated heterocycles. The van der Waals surface area contributed by atoms with Crippen molar-refractivity contribution in [3.05, 3.63) is 24.3 Å². The molecule has 0 bridgehead atoms. The molecular formula is C21H29N5O3. The maximum absolute atomic E-state index is 12.5. The second kappa shape index (κ2) is 10.1. The highest BCUT2D eigenvalue weighted by Gasteiger charge is 2.28. The predicted octanol–water partition coefficient (Wildman–Crippen LogP) is 0.838. The van der Waals surface area contributed by atoms with Crippen molar-refractivity contribution in [1.82, 2.24) is 15.1 Å². The molecule has 2 fully saturated rings. The Bertz CT molecular complexity index is 755. The molecule has 2 aliphatic heterocycles. The first-order valence-electron chi connectivity index (χ1n) is 10.2. The lowest BCUT2D eigenvalue weighted by Gasteiger charge is -2.36. The number of nitrogens with one attached hydrogen (secondary N) is 1. The molecule has 156 valence electrons. The van der Waals surface area contributed by atoms with Crippen LogP contribution >= 0.6 is 0 Å². The van der Waals surface area contributed by atoms with Crippen molar-refractivity contribution in [2.45, 2.75) is 25.3 Å². The number of anilines is 1. The number of hydrogen-bond donors (Lipinski definition) is 1. The Morgan fingerprint density at radius 2 is 1.93 bits per heavy atom. The van der Waals surface area contributed by atoms with Gasteiger partial charge in [0.05, 0.1) is 25.4 Å². The molecule has 29 heavy (non-hydrogen) atoms. The summed E-state index contributed by atoms with van der Waals surface area (Å²) in [6.07, 6.45) is 1.99. The van der Waals surface area contributed by atoms with E-state index in [4.69, 9.17) is 10.00 Å². The van der Waals surface area contributed by atoms with E-state index < -0.39 is 0 Å². The number of likely N-dealkylation sites (tertiary alicyclic amines) is 1. The summed E-state index contributed by atoms with van der Waals surface area (Å²) in [5.41, 5.74) is 1.06. The summed E-state index contributed by atoms with van der Waals surface area (Å²) in [5.74, 6) is 0.880. The molecule has 0 aliphatic carbocycles. The second-order valence-corrected chi connectivity index (χ2v) is 7.34. The van der Waals surface area contributed by atoms with Gasteiger partial charge in [-0.25, -0.2) is 0 Å². The van der Waals surface area contributed by atoms with Gasteiger partial charge in [-0.05, 0) is 25.0 Å². The van der Waals surface area contributed by atoms with Gasteiger partial charge < -0.3 is 24.8 Å². The van der Waals surface area contributed by atoms with E-state index in [1.807, 2.05) is 29.2 Å². The summed E-state index contributed by atoms with van der Waals surface area (Å²) >= 11 is 0. The van der Waals surface area contributed by atoms with Crippen LogP contribution in [0.2, 0.25) is 0 Å². The first-order valence-corrected chi connectivity index (χ1v) is 10.2. The van der Waals surface area contributed by atoms with Crippen LogP contribution in [0.25, 0.3) is 0 Å². The number of methoxy groups -OCH3 is 1. The number of amides is 2. The van der Waals surface area contributed by atoms with Gasteiger partial charge in [0, 0.05) is 45.7 Å². The summed E-state index contributed by atoms with van der Waals surface area (Å²) in [7, 11) is 1.67. The van der Waals surface area contributed by atoms with E-state index in [-0.39, 0.29) is 24.4 Å². The minimum Gasteiger partial charge on any atom is -0.495 e. The minimum atomic E-state index is -0.300. The topological polar surface area (TPSA) is 88.9 Å². The third-order valence-corrected chi connectivity index (χ3v) is 5.57. The summed E-state index contributed by atoms with van der Waals surface area (Å²) in [6.45, 7) is 4.16. The minimum absolute atomic E-state index is 0.0630. The van der Waals surface area contributed by atoms with Gasteiger partial charge in [0.2, 0.25) is 11.8 Å². The van der Waals surface area contributed by atoms with Crippen LogP contribution in [0, 0.1) is 11.3 Å². The van der Waals surface area contributed by atoms with Gasteiger partial charge in [0.15, 0.2) is 0 Å². The van der Waals surface area contributed by atoms with Crippen molar-refractivity contribution in [2.75, 3.05) is 57.8 Å². The van der Waals surface area contributed by atoms with Crippen LogP contribution in [0.1, 0.15) is 19.3 Å². The molecule has 0 saturated carbocycles. The molecule has 1 atom stereocenters. The fourth-order valence-corrected chi connectivity index (χ4v) is 3.94. The Kier molecular flexibility index (Phi) is 7.30. The Morgan fingerprint density at radius 1 is 1.17 bits per heavy atom. The number of carbonyl (C=O) groups is 2. The van der Waals surface area contributed by atoms with Crippen LogP contribution in [-0.4, -0.2) is 80.6 Å². The number of carbonyl (C=O) groups excluding carboxylic acids is 2. The number of para-hydroxylation sites is 2. The van der Waals surface area contributed by atoms with Gasteiger partial charge >= 0.3 is 0 Å². The molecule has 0 aromatic heterocycles. The molecular weight excluding hydrogens is 370 g/mol. The zero-order chi connectivity index (χ0) is 20.6. The largest absolute Gasteiger partial charge is 0.495 e. The Morgan fingerprint density at radius 3 is 2.66 bits per heavy atom. The van der Waals surface area contributed by atoms with E-state index in [0.29, 0.717) is 32.6 Å². The maximum Gasteiger partial charge on any atom is 0.237 e. The van der Waals surface area contributed by atoms with Gasteiger partial charge in [-0.15, -0.1) is 0 Å². The number of hydrogen-bond acceptors (Lipinski definition) is 6. The van der Waals surface area contributed by atoms with E-state index in [1.165, 1.54) is 0 Å². The number of benzene rings is 1. The third kappa shape index (κ3) is 5.18. The lowest BCUT2D eigenvalue weighted by molar-refractivity contribution is -0.132. The summed E-state index contributed by atoms with van der Waals surface area (Å²) < 4.78 is 5.43. The van der Waals surface area contributed by atoms with E-state index in [1.54, 1.807) is 12.0 Å². The van der Waals surface area contributed by atoms with Crippen molar-refractivity contribution in [3.63, 3.8) is 0 Å². The number of nitriles is 1. The first-order chi connectivity index (χ1) is 14.1. The first kappa shape index (κ1) is 20.9. The molecule has 1 unspecified atom stereocenters. The predicted molar refractivity (Wildman–Crippen MR) is 110 cm³/mol. The highest BCUT2D eigenvalue weighted by molar-refractivity contribution is 5.79. The van der Waals surface area contributed by atoms with Gasteiger partial charge in [-0.2, -0.15) is 5.26 Å². The van der Waals surface area contributed by atoms with Gasteiger partial charge in [0.25, 0.3) is 0 Å². The Balaban J connectivity index is 1.37. The standard InChI is InChI=1S/C21H29N5O3/c1-29-19-7-3-2-6-18(19)24-11-13-25(14-12-24)20(27)8-9-23-16-21(28)26-10-4-5-17(26)15-22/h2-3,6-7,17,23H,4-5,8-14,16H2,1H3. The molecule has 0 radical (unpaired) electrons. The molecule has 1 N–H and O–H groups in total. The molecule has 8 heteroatoms. The Labute approximate surface area is 172 Å². The molecule has 2 aliphatic rings. The smallest absolute Gasteiger partial charge is 0.237 e. The highest BCUT2D eigenvalue weighted by Crippen LogP contribution is 2.28. The van der Waals surface area contributed by atoms with E-state index >= 15 is 0 Å². The van der Waals surface area contributed by atoms with E-state index in [9.17, 15) is 9.59 Å². The maximum atomic E-state index is 12.5. The fraction of sp³-hybridized carbons (Fsp3) is 0.571. The average Bonchev–Trinajstić information content (AvgIpc) is 3.25. The number of nitrogens with zero attached hydrogens (tertiary/aromatic N) is 4. The number of piperazine rings is 1. The number of ether oxygens (including phenoxy) is 1. The quantitative estimate of drug-likeness (QED) is 0.684. The van der Waals surface area contributed by atoms with E-state index in [0.717, 1.165) is 37.4 Å². The summed E-state index contributed by atoms with van der Waals surface area (Å²) in [5, 5.41) is 12.1. The van der Waals surface area contributed by atoms with Gasteiger partial charge in [-0.3, -0.25) is 9.59 Å². The van der Waals surface area contributed by atoms with E-state index in [2.05, 4.69) is 16.3 Å². The van der Waals surface area contributed by atoms with Crippen molar-refractivity contribution in [3.8, 4) is 11.8 Å². The van der Waals surface area contributed by atoms with Crippen molar-refractivity contribution < 1.29 is 14.3 Å². The molecule has 1 aromatic carbocycles. The van der Waals surface area contributed by atoms with Crippen molar-refractivity contribution in [2.24, 2.45) is 0 Å². The van der Waals surface area contributed by atoms with Gasteiger partial charge in [0.1, 0.15) is 11.8 Å². The monoisotopic (exact) mass is 399 g/mol. The summed E-state index contributed by atoms with van der Waals surface area (Å²) in [6, 6.07) is 9.79. The normalized spacial score (nSPS) is 19.2. The van der Waals surface area contributed by atoms with Crippen molar-refractivity contribution in [1.29, 1.82) is 5.26 Å². The lowest BCUT2D eigenvalue weighted by Crippen LogP contribution is -2.49.